The van der Waals surface area contributed by atoms with E-state index in [1.54, 1.807) is 13.1 Å². The van der Waals surface area contributed by atoms with Gasteiger partial charge in [0.05, 0.1) is 11.1 Å². The summed E-state index contributed by atoms with van der Waals surface area (Å²) >= 11 is 3.24. The van der Waals surface area contributed by atoms with Crippen molar-refractivity contribution in [2.75, 3.05) is 11.9 Å². The molecule has 15 heavy (non-hydrogen) atoms. The Morgan fingerprint density at radius 3 is 2.60 bits per heavy atom. The Labute approximate surface area is 96.2 Å². The van der Waals surface area contributed by atoms with Crippen molar-refractivity contribution in [2.24, 2.45) is 0 Å². The normalized spacial score (nSPS) is 18.2. The first-order valence-corrected chi connectivity index (χ1v) is 5.42. The molecule has 1 amide bonds. The minimum absolute atomic E-state index is 0.0745. The number of hydrogen-bond donors (Lipinski definition) is 0. The molecule has 2 rings (SSSR count). The van der Waals surface area contributed by atoms with Crippen LogP contribution in [0.1, 0.15) is 19.4 Å². The van der Waals surface area contributed by atoms with Gasteiger partial charge < -0.3 is 4.90 Å². The van der Waals surface area contributed by atoms with Crippen molar-refractivity contribution in [2.45, 2.75) is 19.3 Å². The van der Waals surface area contributed by atoms with Gasteiger partial charge in [-0.25, -0.2) is 4.39 Å². The number of fused-ring (bicyclic) bond motifs is 1. The van der Waals surface area contributed by atoms with Crippen molar-refractivity contribution in [3.8, 4) is 0 Å². The average molecular weight is 272 g/mol. The first-order valence-electron chi connectivity index (χ1n) is 4.63. The number of likely N-dealkylation sites (N-methyl/N-ethyl adjacent to an activating group) is 1. The molecule has 1 aromatic carbocycles. The summed E-state index contributed by atoms with van der Waals surface area (Å²) < 4.78 is 14.4. The third kappa shape index (κ3) is 1.31. The van der Waals surface area contributed by atoms with Crippen LogP contribution in [0.4, 0.5) is 10.1 Å². The van der Waals surface area contributed by atoms with E-state index in [0.717, 1.165) is 5.56 Å². The molecule has 1 aliphatic rings. The van der Waals surface area contributed by atoms with Gasteiger partial charge in [0, 0.05) is 11.5 Å². The maximum Gasteiger partial charge on any atom is 0.236 e. The zero-order valence-corrected chi connectivity index (χ0v) is 10.4. The van der Waals surface area contributed by atoms with Gasteiger partial charge in [-0.3, -0.25) is 4.79 Å². The van der Waals surface area contributed by atoms with Crippen LogP contribution >= 0.6 is 15.9 Å². The van der Waals surface area contributed by atoms with E-state index in [9.17, 15) is 9.18 Å². The number of carbonyl (C=O) groups is 1. The zero-order valence-electron chi connectivity index (χ0n) is 8.77. The molecular formula is C11H11BrFNO. The highest BCUT2D eigenvalue weighted by Crippen LogP contribution is 2.43. The molecule has 1 aliphatic heterocycles. The van der Waals surface area contributed by atoms with Gasteiger partial charge in [0.2, 0.25) is 5.91 Å². The topological polar surface area (TPSA) is 20.3 Å². The van der Waals surface area contributed by atoms with E-state index in [0.29, 0.717) is 10.2 Å². The van der Waals surface area contributed by atoms with Gasteiger partial charge in [-0.05, 0) is 31.5 Å². The molecule has 0 atom stereocenters. The van der Waals surface area contributed by atoms with Crippen molar-refractivity contribution in [1.82, 2.24) is 0 Å². The number of carbonyl (C=O) groups excluding carboxylic acids is 1. The fraction of sp³-hybridized carbons (Fsp3) is 0.364. The second-order valence-corrected chi connectivity index (χ2v) is 5.19. The van der Waals surface area contributed by atoms with Gasteiger partial charge in [-0.15, -0.1) is 0 Å². The molecular weight excluding hydrogens is 261 g/mol. The van der Waals surface area contributed by atoms with Gasteiger partial charge in [0.1, 0.15) is 5.82 Å². The summed E-state index contributed by atoms with van der Waals surface area (Å²) in [7, 11) is 1.60. The molecule has 1 aromatic rings. The standard InChI is InChI=1S/C11H11BrFNO/c1-11(2)7-4-6(12)5-8(13)9(7)14(3)10(11)15/h4-5H,1-3H3. The molecule has 0 saturated carbocycles. The minimum Gasteiger partial charge on any atom is -0.312 e. The van der Waals surface area contributed by atoms with Crippen molar-refractivity contribution >= 4 is 27.5 Å². The van der Waals surface area contributed by atoms with Crippen LogP contribution in [0.15, 0.2) is 16.6 Å². The van der Waals surface area contributed by atoms with Crippen LogP contribution in [0.25, 0.3) is 0 Å². The third-order valence-electron chi connectivity index (χ3n) is 2.88. The van der Waals surface area contributed by atoms with Crippen LogP contribution < -0.4 is 4.90 Å². The second-order valence-electron chi connectivity index (χ2n) is 4.27. The van der Waals surface area contributed by atoms with Crippen LogP contribution in [0, 0.1) is 5.82 Å². The first-order chi connectivity index (χ1) is 6.85. The molecule has 0 aliphatic carbocycles. The lowest BCUT2D eigenvalue weighted by Gasteiger charge is -2.16. The summed E-state index contributed by atoms with van der Waals surface area (Å²) in [6.45, 7) is 3.62. The van der Waals surface area contributed by atoms with Crippen molar-refractivity contribution in [1.29, 1.82) is 0 Å². The SMILES string of the molecule is CN1C(=O)C(C)(C)c2cc(Br)cc(F)c21. The van der Waals surface area contributed by atoms with Crippen LogP contribution in [-0.4, -0.2) is 13.0 Å². The van der Waals surface area contributed by atoms with Crippen LogP contribution in [0.3, 0.4) is 0 Å². The Hall–Kier alpha value is -0.900. The summed E-state index contributed by atoms with van der Waals surface area (Å²) in [4.78, 5) is 13.3. The van der Waals surface area contributed by atoms with Gasteiger partial charge in [-0.2, -0.15) is 0 Å². The Morgan fingerprint density at radius 1 is 1.40 bits per heavy atom. The third-order valence-corrected chi connectivity index (χ3v) is 3.33. The highest BCUT2D eigenvalue weighted by molar-refractivity contribution is 9.10. The van der Waals surface area contributed by atoms with Gasteiger partial charge >= 0.3 is 0 Å². The van der Waals surface area contributed by atoms with E-state index >= 15 is 0 Å². The van der Waals surface area contributed by atoms with E-state index in [2.05, 4.69) is 15.9 Å². The molecule has 4 heteroatoms. The molecule has 80 valence electrons. The number of nitrogens with zero attached hydrogens (tertiary/aromatic N) is 1. The number of anilines is 1. The monoisotopic (exact) mass is 271 g/mol. The zero-order chi connectivity index (χ0) is 11.4. The van der Waals surface area contributed by atoms with E-state index < -0.39 is 5.41 Å². The summed E-state index contributed by atoms with van der Waals surface area (Å²) in [5.74, 6) is -0.435. The number of amides is 1. The van der Waals surface area contributed by atoms with E-state index in [1.807, 2.05) is 13.8 Å². The average Bonchev–Trinajstić information content (AvgIpc) is 2.28. The minimum atomic E-state index is -0.644. The quantitative estimate of drug-likeness (QED) is 0.711. The molecule has 0 radical (unpaired) electrons. The fourth-order valence-corrected chi connectivity index (χ4v) is 2.45. The number of hydrogen-bond acceptors (Lipinski definition) is 1. The summed E-state index contributed by atoms with van der Waals surface area (Å²) in [5, 5.41) is 0. The highest BCUT2D eigenvalue weighted by atomic mass is 79.9. The Morgan fingerprint density at radius 2 is 2.00 bits per heavy atom. The predicted octanol–water partition coefficient (Wildman–Crippen LogP) is 2.84. The van der Waals surface area contributed by atoms with E-state index in [4.69, 9.17) is 0 Å². The van der Waals surface area contributed by atoms with Gasteiger partial charge in [-0.1, -0.05) is 15.9 Å². The number of rotatable bonds is 0. The molecule has 0 unspecified atom stereocenters. The molecule has 0 bridgehead atoms. The largest absolute Gasteiger partial charge is 0.312 e. The summed E-state index contributed by atoms with van der Waals surface area (Å²) in [6.07, 6.45) is 0. The fourth-order valence-electron chi connectivity index (χ4n) is 2.02. The summed E-state index contributed by atoms with van der Waals surface area (Å²) in [6, 6.07) is 3.18. The molecule has 0 N–H and O–H groups in total. The molecule has 1 heterocycles. The van der Waals surface area contributed by atoms with Crippen molar-refractivity contribution in [3.05, 3.63) is 28.0 Å². The predicted molar refractivity (Wildman–Crippen MR) is 60.5 cm³/mol. The highest BCUT2D eigenvalue weighted by Gasteiger charge is 2.43. The Bertz CT molecular complexity index is 456. The lowest BCUT2D eigenvalue weighted by Crippen LogP contribution is -2.33. The van der Waals surface area contributed by atoms with Crippen LogP contribution in [0.5, 0.6) is 0 Å². The van der Waals surface area contributed by atoms with Crippen LogP contribution in [-0.2, 0) is 10.2 Å². The van der Waals surface area contributed by atoms with Crippen molar-refractivity contribution in [3.63, 3.8) is 0 Å². The number of benzene rings is 1. The van der Waals surface area contributed by atoms with E-state index in [1.165, 1.54) is 11.0 Å². The molecule has 0 spiro atoms. The maximum atomic E-state index is 13.7. The Balaban J connectivity index is 2.77. The second kappa shape index (κ2) is 3.04. The van der Waals surface area contributed by atoms with Crippen molar-refractivity contribution < 1.29 is 9.18 Å². The molecule has 0 fully saturated rings. The van der Waals surface area contributed by atoms with Gasteiger partial charge in [0.25, 0.3) is 0 Å². The first kappa shape index (κ1) is 10.6. The summed E-state index contributed by atoms with van der Waals surface area (Å²) in [5.41, 5.74) is 0.490. The molecule has 0 aromatic heterocycles. The van der Waals surface area contributed by atoms with Crippen LogP contribution in [0.2, 0.25) is 0 Å². The molecule has 2 nitrogen and oxygen atoms in total. The smallest absolute Gasteiger partial charge is 0.236 e. The molecule has 0 saturated heterocycles. The lowest BCUT2D eigenvalue weighted by molar-refractivity contribution is -0.121. The lowest BCUT2D eigenvalue weighted by atomic mass is 9.86. The number of halogens is 2. The Kier molecular flexibility index (Phi) is 2.15. The maximum absolute atomic E-state index is 13.7. The van der Waals surface area contributed by atoms with E-state index in [-0.39, 0.29) is 11.7 Å². The van der Waals surface area contributed by atoms with Gasteiger partial charge in [0.15, 0.2) is 0 Å².